The van der Waals surface area contributed by atoms with Crippen molar-refractivity contribution in [1.29, 1.82) is 0 Å². The molecule has 0 aliphatic heterocycles. The van der Waals surface area contributed by atoms with Crippen LogP contribution in [0.2, 0.25) is 0 Å². The van der Waals surface area contributed by atoms with Gasteiger partial charge in [-0.1, -0.05) is 42.5 Å². The van der Waals surface area contributed by atoms with E-state index in [0.29, 0.717) is 35.7 Å². The third-order valence-corrected chi connectivity index (χ3v) is 5.53. The molecule has 0 saturated heterocycles. The average Bonchev–Trinajstić information content (AvgIpc) is 2.95. The molecular formula is C28H27N3O9. The summed E-state index contributed by atoms with van der Waals surface area (Å²) in [5, 5.41) is 31.5. The van der Waals surface area contributed by atoms with Gasteiger partial charge in [-0.3, -0.25) is 30.3 Å². The van der Waals surface area contributed by atoms with E-state index in [2.05, 4.69) is 0 Å². The highest BCUT2D eigenvalue weighted by molar-refractivity contribution is 5.50. The van der Waals surface area contributed by atoms with Crippen LogP contribution in [0.3, 0.4) is 0 Å². The topological polar surface area (TPSA) is 157 Å². The van der Waals surface area contributed by atoms with Crippen molar-refractivity contribution in [1.82, 2.24) is 0 Å². The van der Waals surface area contributed by atoms with Crippen LogP contribution in [0.15, 0.2) is 97.0 Å². The first kappa shape index (κ1) is 29.5. The van der Waals surface area contributed by atoms with Crippen LogP contribution in [0.25, 0.3) is 12.2 Å². The molecule has 0 aromatic heterocycles. The van der Waals surface area contributed by atoms with Crippen molar-refractivity contribution in [2.45, 2.75) is 12.5 Å². The molecule has 1 unspecified atom stereocenters. The van der Waals surface area contributed by atoms with Gasteiger partial charge in [0, 0.05) is 18.2 Å². The Kier molecular flexibility index (Phi) is 11.3. The normalized spacial score (nSPS) is 15.1. The van der Waals surface area contributed by atoms with Gasteiger partial charge in [0.25, 0.3) is 0 Å². The molecule has 0 N–H and O–H groups in total. The zero-order valence-electron chi connectivity index (χ0n) is 21.3. The van der Waals surface area contributed by atoms with Gasteiger partial charge < -0.3 is 14.2 Å². The van der Waals surface area contributed by atoms with Crippen molar-refractivity contribution in [3.05, 3.63) is 138 Å². The maximum absolute atomic E-state index is 10.5. The van der Waals surface area contributed by atoms with E-state index in [9.17, 15) is 30.3 Å². The summed E-state index contributed by atoms with van der Waals surface area (Å²) >= 11 is 0. The van der Waals surface area contributed by atoms with E-state index in [-0.39, 0.29) is 25.2 Å². The molecule has 1 aliphatic rings. The number of allylic oxidation sites excluding steroid dienone is 3. The minimum atomic E-state index is -0.534. The highest BCUT2D eigenvalue weighted by atomic mass is 16.6. The SMILES string of the molecule is O=[N+]([O-])/C=C/C1=CCC(OCC(COc2ccc(/C=C/[N+](=O)[O-])cc2)COc2ccc(/C=C/[N+](=O)[O-])cc2)C=C1. The molecule has 1 atom stereocenters. The lowest BCUT2D eigenvalue weighted by molar-refractivity contribution is -0.402. The fraction of sp³-hybridized carbons (Fsp3) is 0.214. The smallest absolute Gasteiger partial charge is 0.235 e. The maximum Gasteiger partial charge on any atom is 0.235 e. The molecule has 2 aromatic carbocycles. The summed E-state index contributed by atoms with van der Waals surface area (Å²) in [5.41, 5.74) is 2.05. The minimum absolute atomic E-state index is 0.184. The number of rotatable bonds is 15. The average molecular weight is 550 g/mol. The molecule has 0 amide bonds. The number of benzene rings is 2. The Balaban J connectivity index is 1.59. The van der Waals surface area contributed by atoms with E-state index in [1.54, 1.807) is 54.6 Å². The predicted molar refractivity (Wildman–Crippen MR) is 147 cm³/mol. The van der Waals surface area contributed by atoms with Gasteiger partial charge in [-0.2, -0.15) is 0 Å². The number of hydrogen-bond acceptors (Lipinski definition) is 9. The highest BCUT2D eigenvalue weighted by Gasteiger charge is 2.16. The second kappa shape index (κ2) is 15.3. The van der Waals surface area contributed by atoms with Crippen molar-refractivity contribution in [3.63, 3.8) is 0 Å². The molecule has 12 nitrogen and oxygen atoms in total. The quantitative estimate of drug-likeness (QED) is 0.212. The van der Waals surface area contributed by atoms with E-state index in [0.717, 1.165) is 24.2 Å². The second-order valence-electron chi connectivity index (χ2n) is 8.60. The van der Waals surface area contributed by atoms with Crippen LogP contribution in [-0.4, -0.2) is 40.7 Å². The van der Waals surface area contributed by atoms with Crippen molar-refractivity contribution in [2.75, 3.05) is 19.8 Å². The van der Waals surface area contributed by atoms with Crippen LogP contribution in [0.4, 0.5) is 0 Å². The number of hydrogen-bond donors (Lipinski definition) is 0. The fourth-order valence-electron chi connectivity index (χ4n) is 3.49. The van der Waals surface area contributed by atoms with Crippen molar-refractivity contribution in [2.24, 2.45) is 5.92 Å². The molecule has 1 aliphatic carbocycles. The highest BCUT2D eigenvalue weighted by Crippen LogP contribution is 2.19. The molecule has 0 saturated carbocycles. The molecule has 3 rings (SSSR count). The first-order valence-corrected chi connectivity index (χ1v) is 12.2. The monoisotopic (exact) mass is 549 g/mol. The first-order valence-electron chi connectivity index (χ1n) is 12.2. The molecule has 0 radical (unpaired) electrons. The molecular weight excluding hydrogens is 522 g/mol. The molecule has 208 valence electrons. The van der Waals surface area contributed by atoms with Gasteiger partial charge in [0.15, 0.2) is 0 Å². The van der Waals surface area contributed by atoms with Crippen LogP contribution in [-0.2, 0) is 4.74 Å². The zero-order valence-corrected chi connectivity index (χ0v) is 21.3. The Morgan fingerprint density at radius 3 is 1.62 bits per heavy atom. The summed E-state index contributed by atoms with van der Waals surface area (Å²) in [6.07, 6.45) is 12.6. The summed E-state index contributed by atoms with van der Waals surface area (Å²) in [6.45, 7) is 0.823. The third-order valence-electron chi connectivity index (χ3n) is 5.53. The largest absolute Gasteiger partial charge is 0.493 e. The second-order valence-corrected chi connectivity index (χ2v) is 8.60. The minimum Gasteiger partial charge on any atom is -0.493 e. The number of nitro groups is 3. The molecule has 2 aromatic rings. The maximum atomic E-state index is 10.5. The van der Waals surface area contributed by atoms with E-state index in [1.807, 2.05) is 12.2 Å². The van der Waals surface area contributed by atoms with Gasteiger partial charge >= 0.3 is 0 Å². The van der Waals surface area contributed by atoms with Crippen LogP contribution in [0.5, 0.6) is 11.5 Å². The van der Waals surface area contributed by atoms with Gasteiger partial charge in [-0.25, -0.2) is 0 Å². The zero-order chi connectivity index (χ0) is 28.7. The Morgan fingerprint density at radius 2 is 1.20 bits per heavy atom. The van der Waals surface area contributed by atoms with E-state index < -0.39 is 14.8 Å². The molecule has 0 fully saturated rings. The van der Waals surface area contributed by atoms with Crippen LogP contribution in [0.1, 0.15) is 17.5 Å². The van der Waals surface area contributed by atoms with Gasteiger partial charge in [-0.15, -0.1) is 0 Å². The lowest BCUT2D eigenvalue weighted by Crippen LogP contribution is -2.27. The van der Waals surface area contributed by atoms with Crippen molar-refractivity contribution < 1.29 is 29.0 Å². The summed E-state index contributed by atoms with van der Waals surface area (Å²) in [6, 6.07) is 13.7. The van der Waals surface area contributed by atoms with Crippen molar-refractivity contribution in [3.8, 4) is 11.5 Å². The third kappa shape index (κ3) is 11.1. The Hall–Kier alpha value is -5.10. The van der Waals surface area contributed by atoms with Gasteiger partial charge in [-0.05, 0) is 47.4 Å². The lowest BCUT2D eigenvalue weighted by atomic mass is 10.0. The van der Waals surface area contributed by atoms with Gasteiger partial charge in [0.2, 0.25) is 18.6 Å². The van der Waals surface area contributed by atoms with Crippen LogP contribution >= 0.6 is 0 Å². The number of ether oxygens (including phenoxy) is 3. The summed E-state index contributed by atoms with van der Waals surface area (Å²) in [5.74, 6) is 0.970. The molecule has 40 heavy (non-hydrogen) atoms. The van der Waals surface area contributed by atoms with E-state index in [4.69, 9.17) is 14.2 Å². The molecule has 0 bridgehead atoms. The number of nitrogens with zero attached hydrogens (tertiary/aromatic N) is 3. The van der Waals surface area contributed by atoms with Gasteiger partial charge in [0.1, 0.15) is 11.5 Å². The molecule has 0 spiro atoms. The summed E-state index contributed by atoms with van der Waals surface area (Å²) < 4.78 is 17.9. The Morgan fingerprint density at radius 1 is 0.725 bits per heavy atom. The Labute approximate surface area is 229 Å². The van der Waals surface area contributed by atoms with E-state index >= 15 is 0 Å². The predicted octanol–water partition coefficient (Wildman–Crippen LogP) is 5.32. The van der Waals surface area contributed by atoms with Crippen LogP contribution in [0, 0.1) is 36.3 Å². The lowest BCUT2D eigenvalue weighted by Gasteiger charge is -2.22. The van der Waals surface area contributed by atoms with Crippen molar-refractivity contribution >= 4 is 12.2 Å². The summed E-state index contributed by atoms with van der Waals surface area (Å²) in [7, 11) is 0. The molecule has 12 heteroatoms. The summed E-state index contributed by atoms with van der Waals surface area (Å²) in [4.78, 5) is 29.9. The van der Waals surface area contributed by atoms with Crippen LogP contribution < -0.4 is 9.47 Å². The standard InChI is InChI=1S/C28H27N3O9/c32-29(33)16-13-22-1-7-26(8-2-22)38-19-25(20-39-27-9-3-23(4-10-27)14-17-30(34)35)21-40-28-11-5-24(6-12-28)15-18-31(36)37/h1-11,13-18,25,28H,12,19-21H2/b16-13+,17-14+,18-15+. The Bertz CT molecular complexity index is 1240. The first-order chi connectivity index (χ1) is 19.3. The van der Waals surface area contributed by atoms with E-state index in [1.165, 1.54) is 18.2 Å². The van der Waals surface area contributed by atoms with Gasteiger partial charge in [0.05, 0.1) is 46.6 Å². The molecule has 0 heterocycles. The fourth-order valence-corrected chi connectivity index (χ4v) is 3.49.